The van der Waals surface area contributed by atoms with Crippen LogP contribution < -0.4 is 5.73 Å². The summed E-state index contributed by atoms with van der Waals surface area (Å²) in [7, 11) is 0. The summed E-state index contributed by atoms with van der Waals surface area (Å²) < 4.78 is 3.68. The summed E-state index contributed by atoms with van der Waals surface area (Å²) in [6, 6.07) is 5.67. The molecule has 0 aliphatic carbocycles. The van der Waals surface area contributed by atoms with E-state index in [1.165, 1.54) is 0 Å². The Kier molecular flexibility index (Phi) is 3.76. The largest absolute Gasteiger partial charge is 0.383 e. The van der Waals surface area contributed by atoms with E-state index >= 15 is 0 Å². The first-order valence-electron chi connectivity index (χ1n) is 4.48. The molecule has 0 amide bonds. The molecule has 0 spiro atoms. The second kappa shape index (κ2) is 4.93. The van der Waals surface area contributed by atoms with Crippen molar-refractivity contribution < 1.29 is 0 Å². The summed E-state index contributed by atoms with van der Waals surface area (Å²) in [4.78, 5) is 0. The van der Waals surface area contributed by atoms with Crippen LogP contribution in [-0.2, 0) is 6.54 Å². The SMILES string of the molecule is Nc1c(I)cnn1Cc1ccc(Cl)cc1Br. The number of hydrogen-bond donors (Lipinski definition) is 1. The Bertz CT molecular complexity index is 527. The minimum atomic E-state index is 0.632. The van der Waals surface area contributed by atoms with Crippen LogP contribution >= 0.6 is 50.1 Å². The number of benzene rings is 1. The molecule has 0 atom stereocenters. The third-order valence-corrected chi connectivity index (χ3v) is 3.97. The maximum atomic E-state index is 5.88. The van der Waals surface area contributed by atoms with E-state index in [0.29, 0.717) is 17.4 Å². The van der Waals surface area contributed by atoms with E-state index in [4.69, 9.17) is 17.3 Å². The fourth-order valence-electron chi connectivity index (χ4n) is 1.31. The summed E-state index contributed by atoms with van der Waals surface area (Å²) in [5.41, 5.74) is 6.98. The molecule has 2 rings (SSSR count). The Morgan fingerprint density at radius 2 is 2.25 bits per heavy atom. The van der Waals surface area contributed by atoms with Crippen molar-refractivity contribution in [3.05, 3.63) is 43.0 Å². The lowest BCUT2D eigenvalue weighted by Gasteiger charge is -2.07. The van der Waals surface area contributed by atoms with Crippen LogP contribution in [0.3, 0.4) is 0 Å². The number of nitrogens with zero attached hydrogens (tertiary/aromatic N) is 2. The summed E-state index contributed by atoms with van der Waals surface area (Å²) in [5, 5.41) is 4.91. The monoisotopic (exact) mass is 411 g/mol. The normalized spacial score (nSPS) is 10.7. The highest BCUT2D eigenvalue weighted by Crippen LogP contribution is 2.23. The van der Waals surface area contributed by atoms with E-state index < -0.39 is 0 Å². The third kappa shape index (κ3) is 2.52. The Labute approximate surface area is 120 Å². The highest BCUT2D eigenvalue weighted by molar-refractivity contribution is 14.1. The number of halogens is 3. The average molecular weight is 412 g/mol. The Hall–Kier alpha value is -0.270. The number of aromatic nitrogens is 2. The minimum absolute atomic E-state index is 0.632. The van der Waals surface area contributed by atoms with Crippen LogP contribution in [-0.4, -0.2) is 9.78 Å². The maximum absolute atomic E-state index is 5.88. The predicted molar refractivity (Wildman–Crippen MR) is 77.6 cm³/mol. The van der Waals surface area contributed by atoms with Gasteiger partial charge in [-0.05, 0) is 40.3 Å². The van der Waals surface area contributed by atoms with Crippen molar-refractivity contribution in [2.24, 2.45) is 0 Å². The zero-order valence-electron chi connectivity index (χ0n) is 8.12. The van der Waals surface area contributed by atoms with Gasteiger partial charge in [0.25, 0.3) is 0 Å². The quantitative estimate of drug-likeness (QED) is 0.767. The van der Waals surface area contributed by atoms with Crippen LogP contribution in [0.5, 0.6) is 0 Å². The minimum Gasteiger partial charge on any atom is -0.383 e. The van der Waals surface area contributed by atoms with E-state index in [2.05, 4.69) is 43.6 Å². The van der Waals surface area contributed by atoms with Gasteiger partial charge in [-0.3, -0.25) is 0 Å². The molecule has 84 valence electrons. The molecule has 6 heteroatoms. The molecule has 2 aromatic rings. The molecule has 2 N–H and O–H groups in total. The fraction of sp³-hybridized carbons (Fsp3) is 0.100. The van der Waals surface area contributed by atoms with E-state index in [9.17, 15) is 0 Å². The molecule has 1 heterocycles. The van der Waals surface area contributed by atoms with Gasteiger partial charge in [-0.1, -0.05) is 33.6 Å². The van der Waals surface area contributed by atoms with Gasteiger partial charge < -0.3 is 5.73 Å². The van der Waals surface area contributed by atoms with Crippen molar-refractivity contribution in [1.29, 1.82) is 0 Å². The fourth-order valence-corrected chi connectivity index (χ4v) is 2.52. The molecule has 0 radical (unpaired) electrons. The number of hydrogen-bond acceptors (Lipinski definition) is 2. The molecule has 1 aromatic heterocycles. The highest BCUT2D eigenvalue weighted by Gasteiger charge is 2.07. The van der Waals surface area contributed by atoms with E-state index in [0.717, 1.165) is 13.6 Å². The van der Waals surface area contributed by atoms with Gasteiger partial charge in [0.1, 0.15) is 5.82 Å². The van der Waals surface area contributed by atoms with Crippen molar-refractivity contribution >= 4 is 55.9 Å². The molecule has 3 nitrogen and oxygen atoms in total. The first-order chi connectivity index (χ1) is 7.58. The molecule has 0 aliphatic rings. The number of rotatable bonds is 2. The summed E-state index contributed by atoms with van der Waals surface area (Å²) >= 11 is 11.5. The van der Waals surface area contributed by atoms with Crippen molar-refractivity contribution in [3.8, 4) is 0 Å². The average Bonchev–Trinajstić information content (AvgIpc) is 2.54. The van der Waals surface area contributed by atoms with Crippen molar-refractivity contribution in [3.63, 3.8) is 0 Å². The smallest absolute Gasteiger partial charge is 0.135 e. The first-order valence-corrected chi connectivity index (χ1v) is 6.73. The van der Waals surface area contributed by atoms with E-state index in [1.54, 1.807) is 10.9 Å². The van der Waals surface area contributed by atoms with Gasteiger partial charge in [0.2, 0.25) is 0 Å². The zero-order valence-corrected chi connectivity index (χ0v) is 12.6. The molecule has 0 aliphatic heterocycles. The molecule has 1 aromatic carbocycles. The van der Waals surface area contributed by atoms with Crippen LogP contribution in [0.15, 0.2) is 28.9 Å². The van der Waals surface area contributed by atoms with Gasteiger partial charge in [0.05, 0.1) is 16.3 Å². The molecule has 0 unspecified atom stereocenters. The topological polar surface area (TPSA) is 43.8 Å². The van der Waals surface area contributed by atoms with E-state index in [1.807, 2.05) is 18.2 Å². The maximum Gasteiger partial charge on any atom is 0.135 e. The second-order valence-corrected chi connectivity index (χ2v) is 5.72. The molecule has 16 heavy (non-hydrogen) atoms. The zero-order chi connectivity index (χ0) is 11.7. The molecule has 0 saturated carbocycles. The first kappa shape index (κ1) is 12.2. The molecule has 0 saturated heterocycles. The second-order valence-electron chi connectivity index (χ2n) is 3.27. The van der Waals surface area contributed by atoms with Gasteiger partial charge >= 0.3 is 0 Å². The van der Waals surface area contributed by atoms with Crippen molar-refractivity contribution in [2.45, 2.75) is 6.54 Å². The number of nitrogen functional groups attached to an aromatic ring is 1. The van der Waals surface area contributed by atoms with Gasteiger partial charge in [0, 0.05) is 9.50 Å². The Balaban J connectivity index is 2.30. The molecule has 0 fully saturated rings. The van der Waals surface area contributed by atoms with Crippen molar-refractivity contribution in [2.75, 3.05) is 5.73 Å². The van der Waals surface area contributed by atoms with Crippen LogP contribution in [0.1, 0.15) is 5.56 Å². The lowest BCUT2D eigenvalue weighted by Crippen LogP contribution is -2.06. The predicted octanol–water partition coefficient (Wildman–Crippen LogP) is 3.53. The Morgan fingerprint density at radius 3 is 2.81 bits per heavy atom. The highest BCUT2D eigenvalue weighted by atomic mass is 127. The van der Waals surface area contributed by atoms with Gasteiger partial charge in [-0.2, -0.15) is 5.10 Å². The van der Waals surface area contributed by atoms with Crippen LogP contribution in [0.4, 0.5) is 5.82 Å². The Morgan fingerprint density at radius 1 is 1.50 bits per heavy atom. The van der Waals surface area contributed by atoms with Gasteiger partial charge in [-0.25, -0.2) is 4.68 Å². The lowest BCUT2D eigenvalue weighted by atomic mass is 10.2. The van der Waals surface area contributed by atoms with Gasteiger partial charge in [-0.15, -0.1) is 0 Å². The molecule has 0 bridgehead atoms. The molecular weight excluding hydrogens is 404 g/mol. The summed E-state index contributed by atoms with van der Waals surface area (Å²) in [6.07, 6.45) is 1.75. The summed E-state index contributed by atoms with van der Waals surface area (Å²) in [5.74, 6) is 0.683. The number of nitrogens with two attached hydrogens (primary N) is 1. The van der Waals surface area contributed by atoms with E-state index in [-0.39, 0.29) is 0 Å². The standard InChI is InChI=1S/C10H8BrClIN3/c11-8-3-7(12)2-1-6(8)5-16-10(14)9(13)4-15-16/h1-4H,5,14H2. The third-order valence-electron chi connectivity index (χ3n) is 2.17. The van der Waals surface area contributed by atoms with Crippen LogP contribution in [0.2, 0.25) is 5.02 Å². The lowest BCUT2D eigenvalue weighted by molar-refractivity contribution is 0.695. The van der Waals surface area contributed by atoms with Crippen molar-refractivity contribution in [1.82, 2.24) is 9.78 Å². The van der Waals surface area contributed by atoms with Crippen LogP contribution in [0, 0.1) is 3.57 Å². The van der Waals surface area contributed by atoms with Gasteiger partial charge in [0.15, 0.2) is 0 Å². The molecular formula is C10H8BrClIN3. The van der Waals surface area contributed by atoms with Crippen LogP contribution in [0.25, 0.3) is 0 Å². The summed E-state index contributed by atoms with van der Waals surface area (Å²) in [6.45, 7) is 0.632. The number of anilines is 1.